The van der Waals surface area contributed by atoms with Gasteiger partial charge in [-0.15, -0.1) is 0 Å². The summed E-state index contributed by atoms with van der Waals surface area (Å²) in [4.78, 5) is 24.1. The molecule has 132 valence electrons. The molecular weight excluding hydrogens is 330 g/mol. The third kappa shape index (κ3) is 3.83. The van der Waals surface area contributed by atoms with Gasteiger partial charge >= 0.3 is 5.97 Å². The molecule has 0 bridgehead atoms. The molecule has 3 rings (SSSR count). The molecule has 0 spiro atoms. The number of carbonyl (C=O) groups is 2. The summed E-state index contributed by atoms with van der Waals surface area (Å²) in [6.07, 6.45) is 1.66. The number of amides is 1. The maximum absolute atomic E-state index is 12.1. The van der Waals surface area contributed by atoms with Crippen LogP contribution in [-0.4, -0.2) is 19.0 Å². The van der Waals surface area contributed by atoms with Crippen LogP contribution in [0, 0.1) is 5.92 Å². The fraction of sp³-hybridized carbons (Fsp3) is 0.143. The number of nitrogens with one attached hydrogen (secondary N) is 1. The highest BCUT2D eigenvalue weighted by atomic mass is 16.5. The average molecular weight is 349 g/mol. The monoisotopic (exact) mass is 349 g/mol. The predicted molar refractivity (Wildman–Crippen MR) is 98.0 cm³/mol. The molecule has 1 aliphatic rings. The Balaban J connectivity index is 1.80. The predicted octanol–water partition coefficient (Wildman–Crippen LogP) is 3.08. The van der Waals surface area contributed by atoms with Crippen molar-refractivity contribution in [3.63, 3.8) is 0 Å². The first-order chi connectivity index (χ1) is 12.6. The van der Waals surface area contributed by atoms with E-state index in [0.29, 0.717) is 23.6 Å². The van der Waals surface area contributed by atoms with Crippen LogP contribution in [0.3, 0.4) is 0 Å². The molecule has 1 N–H and O–H groups in total. The summed E-state index contributed by atoms with van der Waals surface area (Å²) in [5.74, 6) is -0.992. The molecule has 5 heteroatoms. The van der Waals surface area contributed by atoms with Crippen molar-refractivity contribution in [2.75, 3.05) is 7.11 Å². The summed E-state index contributed by atoms with van der Waals surface area (Å²) in [5, 5.41) is 2.58. The molecule has 0 aliphatic carbocycles. The number of methoxy groups -OCH3 is 1. The highest BCUT2D eigenvalue weighted by molar-refractivity contribution is 6.08. The Morgan fingerprint density at radius 3 is 2.69 bits per heavy atom. The summed E-state index contributed by atoms with van der Waals surface area (Å²) in [7, 11) is 1.29. The number of rotatable bonds is 5. The van der Waals surface area contributed by atoms with Crippen molar-refractivity contribution in [1.29, 1.82) is 0 Å². The van der Waals surface area contributed by atoms with Gasteiger partial charge in [-0.25, -0.2) is 0 Å². The lowest BCUT2D eigenvalue weighted by atomic mass is 9.98. The number of esters is 1. The first-order valence-corrected chi connectivity index (χ1v) is 8.15. The third-order valence-electron chi connectivity index (χ3n) is 4.06. The zero-order valence-corrected chi connectivity index (χ0v) is 14.4. The van der Waals surface area contributed by atoms with Crippen molar-refractivity contribution >= 4 is 18.0 Å². The van der Waals surface area contributed by atoms with E-state index >= 15 is 0 Å². The number of benzene rings is 2. The van der Waals surface area contributed by atoms with Crippen molar-refractivity contribution in [2.24, 2.45) is 5.92 Å². The van der Waals surface area contributed by atoms with E-state index in [9.17, 15) is 9.59 Å². The van der Waals surface area contributed by atoms with Gasteiger partial charge in [0.25, 0.3) is 5.91 Å². The van der Waals surface area contributed by atoms with Crippen LogP contribution in [0.2, 0.25) is 0 Å². The Morgan fingerprint density at radius 2 is 1.96 bits per heavy atom. The minimum Gasteiger partial charge on any atom is -0.489 e. The second kappa shape index (κ2) is 7.70. The van der Waals surface area contributed by atoms with Gasteiger partial charge in [0, 0.05) is 11.3 Å². The van der Waals surface area contributed by atoms with Gasteiger partial charge in [0.2, 0.25) is 0 Å². The van der Waals surface area contributed by atoms with Crippen molar-refractivity contribution < 1.29 is 19.1 Å². The molecule has 5 nitrogen and oxygen atoms in total. The standard InChI is InChI=1S/C21H19NO4/c1-14-19(21(24)25-2)18(20(23)22-14)12-16-9-6-10-17(11-16)26-13-15-7-4-3-5-8-15/h3-12,19H,1,13H2,2H3,(H,22,23)/b18-12+/t19-/m0/s1. The van der Waals surface area contributed by atoms with Crippen LogP contribution < -0.4 is 10.1 Å². The van der Waals surface area contributed by atoms with E-state index < -0.39 is 11.9 Å². The SMILES string of the molecule is C=C1NC(=O)/C(=C/c2cccc(OCc3ccccc3)c2)[C@H]1C(=O)OC. The first kappa shape index (κ1) is 17.5. The normalized spacial score (nSPS) is 17.9. The molecule has 1 atom stereocenters. The Morgan fingerprint density at radius 1 is 1.19 bits per heavy atom. The number of hydrogen-bond donors (Lipinski definition) is 1. The largest absolute Gasteiger partial charge is 0.489 e. The fourth-order valence-corrected chi connectivity index (χ4v) is 2.76. The zero-order valence-electron chi connectivity index (χ0n) is 14.4. The van der Waals surface area contributed by atoms with Crippen LogP contribution in [0.15, 0.2) is 72.4 Å². The van der Waals surface area contributed by atoms with Crippen LogP contribution in [0.1, 0.15) is 11.1 Å². The lowest BCUT2D eigenvalue weighted by Gasteiger charge is -2.09. The molecule has 2 aromatic carbocycles. The van der Waals surface area contributed by atoms with Gasteiger partial charge in [0.05, 0.1) is 7.11 Å². The topological polar surface area (TPSA) is 64.6 Å². The number of ether oxygens (including phenoxy) is 2. The Labute approximate surface area is 151 Å². The maximum Gasteiger partial charge on any atom is 0.319 e. The third-order valence-corrected chi connectivity index (χ3v) is 4.06. The second-order valence-electron chi connectivity index (χ2n) is 5.88. The van der Waals surface area contributed by atoms with Crippen LogP contribution >= 0.6 is 0 Å². The summed E-state index contributed by atoms with van der Waals surface area (Å²) in [6.45, 7) is 4.18. The first-order valence-electron chi connectivity index (χ1n) is 8.15. The molecule has 1 saturated heterocycles. The highest BCUT2D eigenvalue weighted by Crippen LogP contribution is 2.29. The van der Waals surface area contributed by atoms with Crippen molar-refractivity contribution in [3.05, 3.63) is 83.6 Å². The van der Waals surface area contributed by atoms with Gasteiger partial charge in [-0.2, -0.15) is 0 Å². The van der Waals surface area contributed by atoms with Gasteiger partial charge in [0.1, 0.15) is 18.3 Å². The molecule has 1 amide bonds. The molecule has 0 unspecified atom stereocenters. The molecule has 1 fully saturated rings. The average Bonchev–Trinajstić information content (AvgIpc) is 2.94. The second-order valence-corrected chi connectivity index (χ2v) is 5.88. The molecular formula is C21H19NO4. The van der Waals surface area contributed by atoms with Gasteiger partial charge in [-0.05, 0) is 29.3 Å². The Kier molecular flexibility index (Phi) is 5.17. The zero-order chi connectivity index (χ0) is 18.5. The molecule has 0 aromatic heterocycles. The maximum atomic E-state index is 12.1. The summed E-state index contributed by atoms with van der Waals surface area (Å²) in [6, 6.07) is 17.2. The lowest BCUT2D eigenvalue weighted by molar-refractivity contribution is -0.142. The van der Waals surface area contributed by atoms with Gasteiger partial charge in [-0.1, -0.05) is 49.0 Å². The minimum absolute atomic E-state index is 0.307. The van der Waals surface area contributed by atoms with Crippen LogP contribution in [0.4, 0.5) is 0 Å². The van der Waals surface area contributed by atoms with Crippen molar-refractivity contribution in [1.82, 2.24) is 5.32 Å². The van der Waals surface area contributed by atoms with Crippen molar-refractivity contribution in [2.45, 2.75) is 6.61 Å². The van der Waals surface area contributed by atoms with Crippen molar-refractivity contribution in [3.8, 4) is 5.75 Å². The summed E-state index contributed by atoms with van der Waals surface area (Å²) >= 11 is 0. The molecule has 0 saturated carbocycles. The minimum atomic E-state index is -0.804. The van der Waals surface area contributed by atoms with Gasteiger partial charge < -0.3 is 14.8 Å². The Hall–Kier alpha value is -3.34. The van der Waals surface area contributed by atoms with E-state index in [1.54, 1.807) is 6.08 Å². The van der Waals surface area contributed by atoms with E-state index in [4.69, 9.17) is 9.47 Å². The molecule has 1 aliphatic heterocycles. The quantitative estimate of drug-likeness (QED) is 0.665. The van der Waals surface area contributed by atoms with E-state index in [2.05, 4.69) is 11.9 Å². The summed E-state index contributed by atoms with van der Waals surface area (Å²) in [5.41, 5.74) is 2.45. The van der Waals surface area contributed by atoms with Gasteiger partial charge in [0.15, 0.2) is 0 Å². The number of hydrogen-bond acceptors (Lipinski definition) is 4. The van der Waals surface area contributed by atoms with E-state index in [-0.39, 0.29) is 5.91 Å². The van der Waals surface area contributed by atoms with E-state index in [0.717, 1.165) is 11.1 Å². The van der Waals surface area contributed by atoms with Gasteiger partial charge in [-0.3, -0.25) is 9.59 Å². The van der Waals surface area contributed by atoms with E-state index in [1.807, 2.05) is 54.6 Å². The van der Waals surface area contributed by atoms with E-state index in [1.165, 1.54) is 7.11 Å². The van der Waals surface area contributed by atoms with Crippen LogP contribution in [-0.2, 0) is 20.9 Å². The highest BCUT2D eigenvalue weighted by Gasteiger charge is 2.37. The molecule has 0 radical (unpaired) electrons. The summed E-state index contributed by atoms with van der Waals surface area (Å²) < 4.78 is 10.6. The fourth-order valence-electron chi connectivity index (χ4n) is 2.76. The smallest absolute Gasteiger partial charge is 0.319 e. The molecule has 26 heavy (non-hydrogen) atoms. The van der Waals surface area contributed by atoms with Crippen LogP contribution in [0.5, 0.6) is 5.75 Å². The Bertz CT molecular complexity index is 871. The number of carbonyl (C=O) groups excluding carboxylic acids is 2. The molecule has 2 aromatic rings. The van der Waals surface area contributed by atoms with Crippen LogP contribution in [0.25, 0.3) is 6.08 Å². The molecule has 1 heterocycles. The lowest BCUT2D eigenvalue weighted by Crippen LogP contribution is -2.17.